The van der Waals surface area contributed by atoms with Crippen molar-refractivity contribution in [3.8, 4) is 22.6 Å². The Hall–Kier alpha value is -2.00. The monoisotopic (exact) mass is 300 g/mol. The van der Waals surface area contributed by atoms with Crippen LogP contribution in [-0.4, -0.2) is 19.3 Å². The molecule has 1 N–H and O–H groups in total. The summed E-state index contributed by atoms with van der Waals surface area (Å²) < 4.78 is 11.0. The third kappa shape index (κ3) is 3.60. The number of aliphatic hydroxyl groups is 1. The third-order valence-corrected chi connectivity index (χ3v) is 3.63. The Morgan fingerprint density at radius 3 is 1.86 bits per heavy atom. The van der Waals surface area contributed by atoms with Crippen LogP contribution >= 0.6 is 0 Å². The average Bonchev–Trinajstić information content (AvgIpc) is 2.53. The van der Waals surface area contributed by atoms with Crippen molar-refractivity contribution in [2.75, 3.05) is 14.2 Å². The van der Waals surface area contributed by atoms with Gasteiger partial charge in [0.2, 0.25) is 0 Å². The minimum atomic E-state index is -0.0413. The van der Waals surface area contributed by atoms with Crippen molar-refractivity contribution in [1.29, 1.82) is 0 Å². The smallest absolute Gasteiger partial charge is 0.130 e. The van der Waals surface area contributed by atoms with Crippen LogP contribution in [0.15, 0.2) is 36.4 Å². The van der Waals surface area contributed by atoms with Crippen LogP contribution < -0.4 is 9.47 Å². The lowest BCUT2D eigenvalue weighted by molar-refractivity contribution is 0.280. The maximum atomic E-state index is 9.35. The first kappa shape index (κ1) is 16.4. The molecule has 0 amide bonds. The second kappa shape index (κ2) is 7.32. The number of hydrogen-bond donors (Lipinski definition) is 1. The van der Waals surface area contributed by atoms with Gasteiger partial charge in [-0.3, -0.25) is 0 Å². The predicted octanol–water partition coefficient (Wildman–Crippen LogP) is 4.06. The molecule has 0 saturated carbocycles. The summed E-state index contributed by atoms with van der Waals surface area (Å²) in [6.45, 7) is 4.39. The van der Waals surface area contributed by atoms with Gasteiger partial charge < -0.3 is 14.6 Å². The summed E-state index contributed by atoms with van der Waals surface area (Å²) in [5, 5.41) is 9.35. The van der Waals surface area contributed by atoms with Gasteiger partial charge in [0.25, 0.3) is 0 Å². The Morgan fingerprint density at radius 2 is 1.45 bits per heavy atom. The van der Waals surface area contributed by atoms with Crippen LogP contribution in [0.3, 0.4) is 0 Å². The van der Waals surface area contributed by atoms with Crippen molar-refractivity contribution in [2.24, 2.45) is 5.92 Å². The number of hydrogen-bond acceptors (Lipinski definition) is 3. The molecule has 0 radical (unpaired) electrons. The Morgan fingerprint density at radius 1 is 0.909 bits per heavy atom. The highest BCUT2D eigenvalue weighted by Crippen LogP contribution is 2.39. The molecule has 118 valence electrons. The maximum Gasteiger partial charge on any atom is 0.130 e. The molecule has 0 unspecified atom stereocenters. The lowest BCUT2D eigenvalue weighted by Gasteiger charge is -2.15. The van der Waals surface area contributed by atoms with Gasteiger partial charge >= 0.3 is 0 Å². The lowest BCUT2D eigenvalue weighted by Crippen LogP contribution is -1.97. The summed E-state index contributed by atoms with van der Waals surface area (Å²) in [5.74, 6) is 2.05. The number of rotatable bonds is 6. The SMILES string of the molecule is COc1cc(CO)cc(OC)c1-c1ccc(CC(C)C)cc1. The predicted molar refractivity (Wildman–Crippen MR) is 89.4 cm³/mol. The molecule has 2 aromatic rings. The third-order valence-electron chi connectivity index (χ3n) is 3.63. The van der Waals surface area contributed by atoms with Gasteiger partial charge in [-0.2, -0.15) is 0 Å². The lowest BCUT2D eigenvalue weighted by atomic mass is 9.97. The molecule has 0 aliphatic rings. The van der Waals surface area contributed by atoms with Crippen LogP contribution in [0, 0.1) is 5.92 Å². The normalized spacial score (nSPS) is 10.8. The van der Waals surface area contributed by atoms with Gasteiger partial charge in [-0.05, 0) is 41.2 Å². The Kier molecular flexibility index (Phi) is 5.45. The molecule has 0 aliphatic carbocycles. The van der Waals surface area contributed by atoms with Gasteiger partial charge in [0.15, 0.2) is 0 Å². The van der Waals surface area contributed by atoms with E-state index in [0.717, 1.165) is 23.1 Å². The highest BCUT2D eigenvalue weighted by atomic mass is 16.5. The molecule has 0 heterocycles. The standard InChI is InChI=1S/C19H24O3/c1-13(2)9-14-5-7-16(8-6-14)19-17(21-3)10-15(12-20)11-18(19)22-4/h5-8,10-11,13,20H,9,12H2,1-4H3. The molecule has 2 aromatic carbocycles. The van der Waals surface area contributed by atoms with E-state index >= 15 is 0 Å². The van der Waals surface area contributed by atoms with E-state index in [2.05, 4.69) is 38.1 Å². The van der Waals surface area contributed by atoms with Crippen LogP contribution in [0.5, 0.6) is 11.5 Å². The van der Waals surface area contributed by atoms with Crippen LogP contribution in [0.25, 0.3) is 11.1 Å². The van der Waals surface area contributed by atoms with Gasteiger partial charge in [-0.15, -0.1) is 0 Å². The fourth-order valence-electron chi connectivity index (χ4n) is 2.62. The summed E-state index contributed by atoms with van der Waals surface area (Å²) in [6.07, 6.45) is 1.07. The number of methoxy groups -OCH3 is 2. The minimum absolute atomic E-state index is 0.0413. The summed E-state index contributed by atoms with van der Waals surface area (Å²) in [6, 6.07) is 12.2. The van der Waals surface area contributed by atoms with Crippen LogP contribution in [-0.2, 0) is 13.0 Å². The van der Waals surface area contributed by atoms with E-state index in [1.54, 1.807) is 14.2 Å². The Bertz CT molecular complexity index is 590. The molecular weight excluding hydrogens is 276 g/mol. The Balaban J connectivity index is 2.46. The van der Waals surface area contributed by atoms with Gasteiger partial charge in [0.1, 0.15) is 11.5 Å². The number of benzene rings is 2. The first-order valence-corrected chi connectivity index (χ1v) is 7.54. The van der Waals surface area contributed by atoms with Crippen molar-refractivity contribution in [1.82, 2.24) is 0 Å². The summed E-state index contributed by atoms with van der Waals surface area (Å²) in [7, 11) is 3.26. The van der Waals surface area contributed by atoms with Crippen LogP contribution in [0.1, 0.15) is 25.0 Å². The zero-order valence-corrected chi connectivity index (χ0v) is 13.7. The Labute approximate surface area is 132 Å². The quantitative estimate of drug-likeness (QED) is 0.874. The zero-order valence-electron chi connectivity index (χ0n) is 13.7. The minimum Gasteiger partial charge on any atom is -0.496 e. The van der Waals surface area contributed by atoms with Crippen molar-refractivity contribution in [2.45, 2.75) is 26.9 Å². The number of aliphatic hydroxyl groups excluding tert-OH is 1. The van der Waals surface area contributed by atoms with E-state index in [9.17, 15) is 5.11 Å². The molecule has 0 aliphatic heterocycles. The van der Waals surface area contributed by atoms with E-state index < -0.39 is 0 Å². The second-order valence-electron chi connectivity index (χ2n) is 5.83. The van der Waals surface area contributed by atoms with Gasteiger partial charge in [-0.25, -0.2) is 0 Å². The molecule has 0 saturated heterocycles. The van der Waals surface area contributed by atoms with Crippen LogP contribution in [0.4, 0.5) is 0 Å². The molecule has 22 heavy (non-hydrogen) atoms. The van der Waals surface area contributed by atoms with Gasteiger partial charge in [-0.1, -0.05) is 38.1 Å². The van der Waals surface area contributed by atoms with Crippen molar-refractivity contribution in [3.05, 3.63) is 47.5 Å². The molecule has 0 spiro atoms. The topological polar surface area (TPSA) is 38.7 Å². The molecule has 3 heteroatoms. The first-order chi connectivity index (χ1) is 10.6. The molecule has 0 aromatic heterocycles. The summed E-state index contributed by atoms with van der Waals surface area (Å²) in [4.78, 5) is 0. The largest absolute Gasteiger partial charge is 0.496 e. The van der Waals surface area contributed by atoms with E-state index in [-0.39, 0.29) is 6.61 Å². The number of ether oxygens (including phenoxy) is 2. The molecule has 2 rings (SSSR count). The average molecular weight is 300 g/mol. The van der Waals surface area contributed by atoms with Crippen molar-refractivity contribution < 1.29 is 14.6 Å². The molecule has 0 fully saturated rings. The van der Waals surface area contributed by atoms with Gasteiger partial charge in [0, 0.05) is 0 Å². The van der Waals surface area contributed by atoms with Crippen molar-refractivity contribution >= 4 is 0 Å². The fourth-order valence-corrected chi connectivity index (χ4v) is 2.62. The maximum absolute atomic E-state index is 9.35. The highest BCUT2D eigenvalue weighted by molar-refractivity contribution is 5.77. The first-order valence-electron chi connectivity index (χ1n) is 7.54. The fraction of sp³-hybridized carbons (Fsp3) is 0.368. The van der Waals surface area contributed by atoms with E-state index in [0.29, 0.717) is 17.4 Å². The van der Waals surface area contributed by atoms with E-state index in [1.807, 2.05) is 12.1 Å². The molecule has 0 bridgehead atoms. The molecular formula is C19H24O3. The zero-order chi connectivity index (χ0) is 16.1. The molecule has 0 atom stereocenters. The van der Waals surface area contributed by atoms with E-state index in [1.165, 1.54) is 5.56 Å². The molecule has 3 nitrogen and oxygen atoms in total. The summed E-state index contributed by atoms with van der Waals surface area (Å²) in [5.41, 5.74) is 4.06. The second-order valence-corrected chi connectivity index (χ2v) is 5.83. The van der Waals surface area contributed by atoms with Crippen LogP contribution in [0.2, 0.25) is 0 Å². The van der Waals surface area contributed by atoms with Crippen molar-refractivity contribution in [3.63, 3.8) is 0 Å². The van der Waals surface area contributed by atoms with E-state index in [4.69, 9.17) is 9.47 Å². The van der Waals surface area contributed by atoms with Gasteiger partial charge in [0.05, 0.1) is 26.4 Å². The summed E-state index contributed by atoms with van der Waals surface area (Å²) >= 11 is 0. The highest BCUT2D eigenvalue weighted by Gasteiger charge is 2.14.